The highest BCUT2D eigenvalue weighted by Crippen LogP contribution is 2.44. The lowest BCUT2D eigenvalue weighted by molar-refractivity contribution is -0.131. The molecule has 0 spiro atoms. The highest BCUT2D eigenvalue weighted by Gasteiger charge is 2.49. The monoisotopic (exact) mass is 280 g/mol. The van der Waals surface area contributed by atoms with Gasteiger partial charge in [0.2, 0.25) is 0 Å². The molecule has 5 nitrogen and oxygen atoms in total. The Kier molecular flexibility index (Phi) is 4.68. The van der Waals surface area contributed by atoms with Crippen LogP contribution in [0.2, 0.25) is 0 Å². The predicted octanol–water partition coefficient (Wildman–Crippen LogP) is 1.22. The lowest BCUT2D eigenvalue weighted by Crippen LogP contribution is -2.52. The van der Waals surface area contributed by atoms with Gasteiger partial charge in [-0.25, -0.2) is 4.79 Å². The van der Waals surface area contributed by atoms with Crippen molar-refractivity contribution in [1.82, 2.24) is 0 Å². The summed E-state index contributed by atoms with van der Waals surface area (Å²) in [6, 6.07) is 0. The standard InChI is InChI=1S/C15H20O5/c1-10(6-13(18)19)4-5-15(20)11(2)7-12(17)8-14(15,3)9-16/h4-7,16,20H,8-9H2,1-3H3,(H,18,19)/b5-4+,10-6+. The third-order valence-electron chi connectivity index (χ3n) is 3.75. The Hall–Kier alpha value is -1.72. The van der Waals surface area contributed by atoms with Crippen molar-refractivity contribution in [3.63, 3.8) is 0 Å². The first-order valence-electron chi connectivity index (χ1n) is 6.30. The van der Waals surface area contributed by atoms with E-state index in [9.17, 15) is 19.8 Å². The number of carbonyl (C=O) groups is 2. The Morgan fingerprint density at radius 2 is 2.10 bits per heavy atom. The number of aliphatic hydroxyl groups is 2. The van der Waals surface area contributed by atoms with Gasteiger partial charge >= 0.3 is 5.97 Å². The number of aliphatic hydroxyl groups excluding tert-OH is 1. The molecule has 1 rings (SSSR count). The maximum Gasteiger partial charge on any atom is 0.328 e. The number of allylic oxidation sites excluding steroid dienone is 3. The molecule has 0 amide bonds. The van der Waals surface area contributed by atoms with Crippen molar-refractivity contribution in [3.8, 4) is 0 Å². The topological polar surface area (TPSA) is 94.8 Å². The van der Waals surface area contributed by atoms with Gasteiger partial charge in [-0.05, 0) is 37.1 Å². The Labute approximate surface area is 117 Å². The van der Waals surface area contributed by atoms with Crippen LogP contribution in [0.15, 0.2) is 35.5 Å². The maximum absolute atomic E-state index is 11.6. The van der Waals surface area contributed by atoms with Crippen molar-refractivity contribution in [1.29, 1.82) is 0 Å². The van der Waals surface area contributed by atoms with Crippen molar-refractivity contribution < 1.29 is 24.9 Å². The van der Waals surface area contributed by atoms with Crippen LogP contribution in [-0.2, 0) is 9.59 Å². The van der Waals surface area contributed by atoms with E-state index in [0.717, 1.165) is 6.08 Å². The van der Waals surface area contributed by atoms with Crippen LogP contribution in [0.3, 0.4) is 0 Å². The first kappa shape index (κ1) is 16.3. The van der Waals surface area contributed by atoms with E-state index in [2.05, 4.69) is 0 Å². The molecular formula is C15H20O5. The molecule has 1 aliphatic rings. The molecular weight excluding hydrogens is 260 g/mol. The van der Waals surface area contributed by atoms with Gasteiger partial charge in [-0.3, -0.25) is 4.79 Å². The van der Waals surface area contributed by atoms with Crippen molar-refractivity contribution >= 4 is 11.8 Å². The molecule has 0 heterocycles. The average molecular weight is 280 g/mol. The van der Waals surface area contributed by atoms with Gasteiger partial charge in [0.1, 0.15) is 5.60 Å². The fourth-order valence-electron chi connectivity index (χ4n) is 2.40. The molecule has 0 radical (unpaired) electrons. The van der Waals surface area contributed by atoms with Crippen LogP contribution in [0.1, 0.15) is 27.2 Å². The Bertz CT molecular complexity index is 514. The second-order valence-corrected chi connectivity index (χ2v) is 5.52. The molecule has 2 unspecified atom stereocenters. The maximum atomic E-state index is 11.6. The highest BCUT2D eigenvalue weighted by atomic mass is 16.4. The number of carboxylic acids is 1. The quantitative estimate of drug-likeness (QED) is 0.531. The van der Waals surface area contributed by atoms with E-state index in [1.165, 1.54) is 18.2 Å². The number of aliphatic carboxylic acids is 1. The summed E-state index contributed by atoms with van der Waals surface area (Å²) < 4.78 is 0. The van der Waals surface area contributed by atoms with Crippen LogP contribution in [0.25, 0.3) is 0 Å². The normalized spacial score (nSPS) is 31.6. The number of rotatable bonds is 4. The largest absolute Gasteiger partial charge is 0.478 e. The summed E-state index contributed by atoms with van der Waals surface area (Å²) in [4.78, 5) is 22.2. The van der Waals surface area contributed by atoms with Crippen LogP contribution in [-0.4, -0.2) is 39.3 Å². The minimum absolute atomic E-state index is 0.0311. The molecule has 0 aromatic rings. The lowest BCUT2D eigenvalue weighted by Gasteiger charge is -2.45. The van der Waals surface area contributed by atoms with Gasteiger partial charge in [0.05, 0.1) is 6.61 Å². The van der Waals surface area contributed by atoms with E-state index in [1.54, 1.807) is 20.8 Å². The predicted molar refractivity (Wildman–Crippen MR) is 74.1 cm³/mol. The minimum Gasteiger partial charge on any atom is -0.478 e. The van der Waals surface area contributed by atoms with Crippen molar-refractivity contribution in [2.45, 2.75) is 32.8 Å². The third kappa shape index (κ3) is 3.05. The second-order valence-electron chi connectivity index (χ2n) is 5.52. The average Bonchev–Trinajstić information content (AvgIpc) is 2.33. The fraction of sp³-hybridized carbons (Fsp3) is 0.467. The molecule has 3 N–H and O–H groups in total. The van der Waals surface area contributed by atoms with Gasteiger partial charge in [-0.1, -0.05) is 13.0 Å². The minimum atomic E-state index is -1.48. The molecule has 0 fully saturated rings. The fourth-order valence-corrected chi connectivity index (χ4v) is 2.40. The molecule has 0 aliphatic heterocycles. The molecule has 0 saturated carbocycles. The number of carbonyl (C=O) groups excluding carboxylic acids is 1. The first-order chi connectivity index (χ1) is 9.14. The van der Waals surface area contributed by atoms with Crippen molar-refractivity contribution in [2.24, 2.45) is 5.41 Å². The molecule has 0 bridgehead atoms. The second kappa shape index (κ2) is 5.73. The summed E-state index contributed by atoms with van der Waals surface area (Å²) in [7, 11) is 0. The molecule has 2 atom stereocenters. The zero-order valence-corrected chi connectivity index (χ0v) is 11.9. The number of carboxylic acid groups (broad SMARTS) is 1. The molecule has 20 heavy (non-hydrogen) atoms. The molecule has 0 saturated heterocycles. The van der Waals surface area contributed by atoms with E-state index < -0.39 is 17.0 Å². The number of hydrogen-bond donors (Lipinski definition) is 3. The Morgan fingerprint density at radius 1 is 1.50 bits per heavy atom. The summed E-state index contributed by atoms with van der Waals surface area (Å²) in [5.74, 6) is -1.22. The summed E-state index contributed by atoms with van der Waals surface area (Å²) in [5, 5.41) is 29.0. The van der Waals surface area contributed by atoms with Crippen LogP contribution in [0.4, 0.5) is 0 Å². The zero-order valence-electron chi connectivity index (χ0n) is 11.9. The highest BCUT2D eigenvalue weighted by molar-refractivity contribution is 5.93. The van der Waals surface area contributed by atoms with Gasteiger partial charge < -0.3 is 15.3 Å². The number of hydrogen-bond acceptors (Lipinski definition) is 4. The van der Waals surface area contributed by atoms with Gasteiger partial charge in [0.15, 0.2) is 5.78 Å². The Morgan fingerprint density at radius 3 is 2.60 bits per heavy atom. The summed E-state index contributed by atoms with van der Waals surface area (Å²) in [6.07, 6.45) is 5.33. The first-order valence-corrected chi connectivity index (χ1v) is 6.30. The molecule has 5 heteroatoms. The lowest BCUT2D eigenvalue weighted by atomic mass is 9.64. The molecule has 1 aliphatic carbocycles. The van der Waals surface area contributed by atoms with Gasteiger partial charge in [0.25, 0.3) is 0 Å². The van der Waals surface area contributed by atoms with Gasteiger partial charge in [0, 0.05) is 17.9 Å². The zero-order chi connectivity index (χ0) is 15.6. The smallest absolute Gasteiger partial charge is 0.328 e. The van der Waals surface area contributed by atoms with Crippen LogP contribution in [0.5, 0.6) is 0 Å². The van der Waals surface area contributed by atoms with Crippen LogP contribution >= 0.6 is 0 Å². The van der Waals surface area contributed by atoms with Crippen molar-refractivity contribution in [2.75, 3.05) is 6.61 Å². The van der Waals surface area contributed by atoms with E-state index in [1.807, 2.05) is 0 Å². The van der Waals surface area contributed by atoms with Crippen LogP contribution < -0.4 is 0 Å². The van der Waals surface area contributed by atoms with E-state index in [-0.39, 0.29) is 18.8 Å². The van der Waals surface area contributed by atoms with E-state index in [4.69, 9.17) is 5.11 Å². The van der Waals surface area contributed by atoms with Crippen LogP contribution in [0, 0.1) is 5.41 Å². The van der Waals surface area contributed by atoms with E-state index >= 15 is 0 Å². The summed E-state index contributed by atoms with van der Waals surface area (Å²) in [6.45, 7) is 4.48. The van der Waals surface area contributed by atoms with E-state index in [0.29, 0.717) is 11.1 Å². The van der Waals surface area contributed by atoms with Gasteiger partial charge in [-0.15, -0.1) is 0 Å². The SMILES string of the molecule is CC1=CC(=O)CC(C)(CO)C1(O)/C=C/C(C)=C/C(=O)O. The van der Waals surface area contributed by atoms with Crippen molar-refractivity contribution in [3.05, 3.63) is 35.5 Å². The number of ketones is 1. The third-order valence-corrected chi connectivity index (χ3v) is 3.75. The summed E-state index contributed by atoms with van der Waals surface area (Å²) in [5.41, 5.74) is -1.62. The van der Waals surface area contributed by atoms with Gasteiger partial charge in [-0.2, -0.15) is 0 Å². The Balaban J connectivity index is 3.22. The molecule has 0 aromatic heterocycles. The summed E-state index contributed by atoms with van der Waals surface area (Å²) >= 11 is 0. The molecule has 0 aromatic carbocycles. The molecule has 110 valence electrons.